The molecular weight excluding hydrogens is 352 g/mol. The Morgan fingerprint density at radius 3 is 2.88 bits per heavy atom. The van der Waals surface area contributed by atoms with Gasteiger partial charge in [0.1, 0.15) is 11.4 Å². The quantitative estimate of drug-likeness (QED) is 0.658. The Morgan fingerprint density at radius 2 is 2.15 bits per heavy atom. The van der Waals surface area contributed by atoms with Gasteiger partial charge in [-0.15, -0.1) is 11.3 Å². The Bertz CT molecular complexity index is 1080. The number of pyridine rings is 1. The van der Waals surface area contributed by atoms with E-state index in [0.29, 0.717) is 5.69 Å². The summed E-state index contributed by atoms with van der Waals surface area (Å²) in [6, 6.07) is 0. The molecule has 3 aromatic rings. The summed E-state index contributed by atoms with van der Waals surface area (Å²) in [5.41, 5.74) is 3.95. The van der Waals surface area contributed by atoms with Gasteiger partial charge >= 0.3 is 5.69 Å². The normalized spacial score (nSPS) is 13.8. The van der Waals surface area contributed by atoms with Crippen LogP contribution in [0.4, 0.5) is 5.69 Å². The SMILES string of the molecule is Cc1csc2nc3c(c(NC(=O)Cn4c(C)c(O)[nH]c4=O)c12)CCCC3. The van der Waals surface area contributed by atoms with Gasteiger partial charge in [0.15, 0.2) is 0 Å². The van der Waals surface area contributed by atoms with Crippen LogP contribution in [0.25, 0.3) is 10.2 Å². The van der Waals surface area contributed by atoms with Gasteiger partial charge in [-0.2, -0.15) is 0 Å². The fourth-order valence-corrected chi connectivity index (χ4v) is 4.51. The Hall–Kier alpha value is -2.61. The maximum absolute atomic E-state index is 12.7. The predicted molar refractivity (Wildman–Crippen MR) is 101 cm³/mol. The maximum Gasteiger partial charge on any atom is 0.329 e. The molecule has 8 heteroatoms. The molecule has 0 unspecified atom stereocenters. The zero-order valence-electron chi connectivity index (χ0n) is 14.7. The van der Waals surface area contributed by atoms with Crippen molar-refractivity contribution in [1.29, 1.82) is 0 Å². The van der Waals surface area contributed by atoms with Gasteiger partial charge in [0.25, 0.3) is 0 Å². The van der Waals surface area contributed by atoms with Crippen LogP contribution in [0.5, 0.6) is 5.88 Å². The van der Waals surface area contributed by atoms with E-state index in [1.54, 1.807) is 18.3 Å². The molecule has 0 fully saturated rings. The second-order valence-corrected chi connectivity index (χ2v) is 7.57. The third-order valence-corrected chi connectivity index (χ3v) is 5.96. The molecule has 0 aromatic carbocycles. The van der Waals surface area contributed by atoms with E-state index in [0.717, 1.165) is 58.4 Å². The fraction of sp³-hybridized carbons (Fsp3) is 0.389. The van der Waals surface area contributed by atoms with Gasteiger partial charge in [-0.3, -0.25) is 14.3 Å². The zero-order chi connectivity index (χ0) is 18.4. The largest absolute Gasteiger partial charge is 0.493 e. The second kappa shape index (κ2) is 6.28. The van der Waals surface area contributed by atoms with E-state index in [2.05, 4.69) is 15.7 Å². The van der Waals surface area contributed by atoms with Crippen LogP contribution in [0.3, 0.4) is 0 Å². The van der Waals surface area contributed by atoms with Crippen LogP contribution < -0.4 is 11.0 Å². The van der Waals surface area contributed by atoms with Crippen LogP contribution in [-0.4, -0.2) is 25.5 Å². The number of carbonyl (C=O) groups excluding carboxylic acids is 1. The Kier molecular flexibility index (Phi) is 4.07. The number of anilines is 1. The van der Waals surface area contributed by atoms with Crippen molar-refractivity contribution in [3.8, 4) is 5.88 Å². The number of aromatic hydroxyl groups is 1. The van der Waals surface area contributed by atoms with Gasteiger partial charge in [0.05, 0.1) is 11.4 Å². The fourth-order valence-electron chi connectivity index (χ4n) is 3.56. The number of hydrogen-bond donors (Lipinski definition) is 3. The number of amides is 1. The van der Waals surface area contributed by atoms with Crippen molar-refractivity contribution in [2.75, 3.05) is 5.32 Å². The number of aromatic amines is 1. The van der Waals surface area contributed by atoms with Crippen LogP contribution in [0, 0.1) is 13.8 Å². The van der Waals surface area contributed by atoms with Crippen LogP contribution in [0.15, 0.2) is 10.2 Å². The average molecular weight is 372 g/mol. The van der Waals surface area contributed by atoms with Crippen LogP contribution >= 0.6 is 11.3 Å². The number of nitrogens with one attached hydrogen (secondary N) is 2. The highest BCUT2D eigenvalue weighted by Crippen LogP contribution is 2.37. The van der Waals surface area contributed by atoms with Crippen LogP contribution in [0.1, 0.15) is 35.4 Å². The van der Waals surface area contributed by atoms with Gasteiger partial charge < -0.3 is 10.4 Å². The topological polar surface area (TPSA) is 100 Å². The minimum absolute atomic E-state index is 0.149. The first-order valence-electron chi connectivity index (χ1n) is 8.63. The minimum atomic E-state index is -0.497. The molecule has 0 saturated carbocycles. The molecule has 1 amide bonds. The summed E-state index contributed by atoms with van der Waals surface area (Å²) in [5, 5.41) is 15.7. The minimum Gasteiger partial charge on any atom is -0.493 e. The van der Waals surface area contributed by atoms with Crippen molar-refractivity contribution in [2.24, 2.45) is 0 Å². The summed E-state index contributed by atoms with van der Waals surface area (Å²) >= 11 is 1.58. The number of thiophene rings is 1. The molecule has 0 radical (unpaired) electrons. The summed E-state index contributed by atoms with van der Waals surface area (Å²) in [6.45, 7) is 3.46. The lowest BCUT2D eigenvalue weighted by atomic mass is 9.93. The van der Waals surface area contributed by atoms with E-state index in [1.165, 1.54) is 4.57 Å². The zero-order valence-corrected chi connectivity index (χ0v) is 15.5. The Labute approximate surface area is 153 Å². The number of carbonyl (C=O) groups is 1. The first-order chi connectivity index (χ1) is 12.5. The molecule has 0 bridgehead atoms. The van der Waals surface area contributed by atoms with Crippen LogP contribution in [0.2, 0.25) is 0 Å². The molecule has 1 aliphatic carbocycles. The maximum atomic E-state index is 12.7. The highest BCUT2D eigenvalue weighted by atomic mass is 32.1. The molecule has 1 aliphatic rings. The lowest BCUT2D eigenvalue weighted by Crippen LogP contribution is -2.27. The first-order valence-corrected chi connectivity index (χ1v) is 9.51. The Balaban J connectivity index is 1.73. The second-order valence-electron chi connectivity index (χ2n) is 6.72. The van der Waals surface area contributed by atoms with Crippen molar-refractivity contribution in [3.05, 3.63) is 38.4 Å². The molecule has 7 nitrogen and oxygen atoms in total. The summed E-state index contributed by atoms with van der Waals surface area (Å²) < 4.78 is 1.23. The van der Waals surface area contributed by atoms with Gasteiger partial charge in [-0.25, -0.2) is 9.78 Å². The number of H-pyrrole nitrogens is 1. The van der Waals surface area contributed by atoms with Gasteiger partial charge in [0.2, 0.25) is 11.8 Å². The van der Waals surface area contributed by atoms with Gasteiger partial charge in [-0.1, -0.05) is 0 Å². The van der Waals surface area contributed by atoms with Crippen molar-refractivity contribution in [3.63, 3.8) is 0 Å². The molecule has 3 N–H and O–H groups in total. The molecule has 136 valence electrons. The lowest BCUT2D eigenvalue weighted by molar-refractivity contribution is -0.116. The van der Waals surface area contributed by atoms with Crippen molar-refractivity contribution in [1.82, 2.24) is 14.5 Å². The van der Waals surface area contributed by atoms with Crippen molar-refractivity contribution < 1.29 is 9.90 Å². The molecule has 3 heterocycles. The van der Waals surface area contributed by atoms with E-state index in [4.69, 9.17) is 4.98 Å². The van der Waals surface area contributed by atoms with Gasteiger partial charge in [-0.05, 0) is 56.0 Å². The van der Waals surface area contributed by atoms with Gasteiger partial charge in [0, 0.05) is 11.1 Å². The van der Waals surface area contributed by atoms with Crippen molar-refractivity contribution >= 4 is 33.1 Å². The molecule has 4 rings (SSSR count). The summed E-state index contributed by atoms with van der Waals surface area (Å²) in [6.07, 6.45) is 4.01. The molecule has 0 saturated heterocycles. The highest BCUT2D eigenvalue weighted by molar-refractivity contribution is 7.17. The number of rotatable bonds is 3. The Morgan fingerprint density at radius 1 is 1.38 bits per heavy atom. The average Bonchev–Trinajstić information content (AvgIpc) is 3.09. The third-order valence-electron chi connectivity index (χ3n) is 4.97. The molecule has 0 aliphatic heterocycles. The summed E-state index contributed by atoms with van der Waals surface area (Å²) in [4.78, 5) is 32.6. The van der Waals surface area contributed by atoms with E-state index >= 15 is 0 Å². The lowest BCUT2D eigenvalue weighted by Gasteiger charge is -2.20. The monoisotopic (exact) mass is 372 g/mol. The predicted octanol–water partition coefficient (Wildman–Crippen LogP) is 2.63. The van der Waals surface area contributed by atoms with E-state index < -0.39 is 5.69 Å². The third kappa shape index (κ3) is 2.70. The summed E-state index contributed by atoms with van der Waals surface area (Å²) in [7, 11) is 0. The molecule has 0 atom stereocenters. The van der Waals surface area contributed by atoms with Crippen molar-refractivity contribution in [2.45, 2.75) is 46.1 Å². The molecule has 3 aromatic heterocycles. The number of aromatic nitrogens is 3. The van der Waals surface area contributed by atoms with E-state index in [-0.39, 0.29) is 18.3 Å². The summed E-state index contributed by atoms with van der Waals surface area (Å²) in [5.74, 6) is -0.500. The molecule has 0 spiro atoms. The smallest absolute Gasteiger partial charge is 0.329 e. The van der Waals surface area contributed by atoms with Crippen LogP contribution in [-0.2, 0) is 24.2 Å². The number of imidazole rings is 1. The number of fused-ring (bicyclic) bond motifs is 2. The molecule has 26 heavy (non-hydrogen) atoms. The number of aryl methyl sites for hydroxylation is 2. The van der Waals surface area contributed by atoms with E-state index in [9.17, 15) is 14.7 Å². The number of hydrogen-bond acceptors (Lipinski definition) is 5. The standard InChI is InChI=1S/C18H20N4O3S/c1-9-8-26-17-14(9)15(11-5-3-4-6-12(11)19-17)20-13(23)7-22-10(2)16(24)21-18(22)25/h8,24H,3-7H2,1-2H3,(H,21,25)(H,19,20,23). The number of nitrogens with zero attached hydrogens (tertiary/aromatic N) is 2. The highest BCUT2D eigenvalue weighted by Gasteiger charge is 2.22. The van der Waals surface area contributed by atoms with E-state index in [1.807, 2.05) is 6.92 Å². The first kappa shape index (κ1) is 16.8. The molecular formula is C18H20N4O3S.